The van der Waals surface area contributed by atoms with Crippen LogP contribution in [0.2, 0.25) is 0 Å². The minimum absolute atomic E-state index is 0.596. The van der Waals surface area contributed by atoms with E-state index in [9.17, 15) is 5.11 Å². The van der Waals surface area contributed by atoms with Crippen molar-refractivity contribution >= 4 is 15.6 Å². The lowest BCUT2D eigenvalue weighted by Crippen LogP contribution is -2.37. The molecule has 0 bridgehead atoms. The number of hydrogen-bond acceptors (Lipinski definition) is 2. The monoisotopic (exact) mass is 159 g/mol. The second-order valence-electron chi connectivity index (χ2n) is 2.55. The summed E-state index contributed by atoms with van der Waals surface area (Å²) in [6, 6.07) is 0. The van der Waals surface area contributed by atoms with E-state index in [2.05, 4.69) is 4.99 Å². The molecular formula is C7H17NOSi. The molecule has 0 radical (unpaired) electrons. The van der Waals surface area contributed by atoms with Gasteiger partial charge < -0.3 is 10.1 Å². The predicted octanol–water partition coefficient (Wildman–Crippen LogP) is -0.0688. The molecule has 3 heteroatoms. The summed E-state index contributed by atoms with van der Waals surface area (Å²) in [5, 5.41) is 10.8. The van der Waals surface area contributed by atoms with E-state index in [4.69, 9.17) is 0 Å². The van der Waals surface area contributed by atoms with Crippen LogP contribution >= 0.6 is 0 Å². The van der Waals surface area contributed by atoms with E-state index >= 15 is 0 Å². The van der Waals surface area contributed by atoms with Gasteiger partial charge in [0.15, 0.2) is 0 Å². The lowest BCUT2D eigenvalue weighted by atomic mass is 9.99. The molecule has 0 saturated heterocycles. The molecule has 0 aliphatic heterocycles. The number of aliphatic imine (C=N–C) groups is 1. The van der Waals surface area contributed by atoms with Gasteiger partial charge in [-0.25, -0.2) is 0 Å². The molecule has 60 valence electrons. The first kappa shape index (κ1) is 9.85. The average Bonchev–Trinajstić information content (AvgIpc) is 2.01. The molecule has 0 aromatic heterocycles. The second-order valence-corrected chi connectivity index (χ2v) is 3.49. The quantitative estimate of drug-likeness (QED) is 0.454. The minimum Gasteiger partial charge on any atom is -0.384 e. The van der Waals surface area contributed by atoms with Crippen LogP contribution in [0.25, 0.3) is 0 Å². The molecular weight excluding hydrogens is 142 g/mol. The molecule has 0 saturated carbocycles. The van der Waals surface area contributed by atoms with E-state index < -0.39 is 5.60 Å². The van der Waals surface area contributed by atoms with E-state index in [-0.39, 0.29) is 0 Å². The van der Waals surface area contributed by atoms with E-state index in [1.807, 2.05) is 13.8 Å². The highest BCUT2D eigenvalue weighted by Crippen LogP contribution is 2.14. The molecule has 0 spiro atoms. The maximum Gasteiger partial charge on any atom is 0.0966 e. The molecule has 0 fully saturated rings. The molecule has 10 heavy (non-hydrogen) atoms. The Hall–Kier alpha value is -0.153. The third-order valence-corrected chi connectivity index (χ3v) is 3.56. The zero-order valence-corrected chi connectivity index (χ0v) is 9.31. The number of aliphatic hydroxyl groups is 1. The van der Waals surface area contributed by atoms with Crippen LogP contribution in [0.5, 0.6) is 0 Å². The number of hydrogen-bond donors (Lipinski definition) is 1. The molecule has 0 aromatic rings. The molecule has 2 nitrogen and oxygen atoms in total. The average molecular weight is 159 g/mol. The smallest absolute Gasteiger partial charge is 0.0966 e. The van der Waals surface area contributed by atoms with Crippen LogP contribution in [-0.2, 0) is 0 Å². The zero-order chi connectivity index (χ0) is 8.20. The highest BCUT2D eigenvalue weighted by atomic mass is 28.1. The SMILES string of the molecule is CCC(O)(CC)C([SiH3])=NC. The summed E-state index contributed by atoms with van der Waals surface area (Å²) in [4.78, 5) is 4.03. The molecule has 0 heterocycles. The van der Waals surface area contributed by atoms with Crippen LogP contribution in [0, 0.1) is 0 Å². The van der Waals surface area contributed by atoms with Crippen LogP contribution < -0.4 is 0 Å². The van der Waals surface area contributed by atoms with E-state index in [0.717, 1.165) is 28.4 Å². The maximum absolute atomic E-state index is 9.80. The second kappa shape index (κ2) is 3.88. The van der Waals surface area contributed by atoms with Gasteiger partial charge in [0.25, 0.3) is 0 Å². The topological polar surface area (TPSA) is 32.6 Å². The Morgan fingerprint density at radius 2 is 1.90 bits per heavy atom. The highest BCUT2D eigenvalue weighted by molar-refractivity contribution is 6.61. The van der Waals surface area contributed by atoms with E-state index in [0.29, 0.717) is 0 Å². The van der Waals surface area contributed by atoms with Crippen molar-refractivity contribution in [1.29, 1.82) is 0 Å². The molecule has 0 amide bonds. The van der Waals surface area contributed by atoms with Gasteiger partial charge in [-0.3, -0.25) is 0 Å². The number of rotatable bonds is 3. The molecule has 0 aliphatic rings. The van der Waals surface area contributed by atoms with Crippen molar-refractivity contribution in [3.05, 3.63) is 0 Å². The van der Waals surface area contributed by atoms with Crippen molar-refractivity contribution in [2.45, 2.75) is 32.3 Å². The Balaban J connectivity index is 4.32. The zero-order valence-electron chi connectivity index (χ0n) is 7.31. The normalized spacial score (nSPS) is 14.2. The Morgan fingerprint density at radius 3 is 2.00 bits per heavy atom. The molecule has 0 rings (SSSR count). The van der Waals surface area contributed by atoms with Crippen LogP contribution in [0.1, 0.15) is 26.7 Å². The predicted molar refractivity (Wildman–Crippen MR) is 48.8 cm³/mol. The van der Waals surface area contributed by atoms with Gasteiger partial charge in [-0.15, -0.1) is 0 Å². The van der Waals surface area contributed by atoms with Crippen molar-refractivity contribution in [3.8, 4) is 0 Å². The van der Waals surface area contributed by atoms with Gasteiger partial charge in [0.2, 0.25) is 0 Å². The van der Waals surface area contributed by atoms with E-state index in [1.54, 1.807) is 7.05 Å². The molecule has 0 aliphatic carbocycles. The molecule has 0 unspecified atom stereocenters. The Kier molecular flexibility index (Phi) is 3.82. The summed E-state index contributed by atoms with van der Waals surface area (Å²) in [6.45, 7) is 3.99. The minimum atomic E-state index is -0.596. The first-order chi connectivity index (χ1) is 4.60. The fourth-order valence-corrected chi connectivity index (χ4v) is 1.68. The van der Waals surface area contributed by atoms with Crippen molar-refractivity contribution < 1.29 is 5.11 Å². The summed E-state index contributed by atoms with van der Waals surface area (Å²) < 4.78 is 0. The summed E-state index contributed by atoms with van der Waals surface area (Å²) >= 11 is 0. The lowest BCUT2D eigenvalue weighted by Gasteiger charge is -2.24. The van der Waals surface area contributed by atoms with Gasteiger partial charge >= 0.3 is 0 Å². The first-order valence-electron chi connectivity index (χ1n) is 3.77. The van der Waals surface area contributed by atoms with Gasteiger partial charge in [-0.2, -0.15) is 0 Å². The van der Waals surface area contributed by atoms with Gasteiger partial charge in [-0.1, -0.05) is 13.8 Å². The van der Waals surface area contributed by atoms with Gasteiger partial charge in [-0.05, 0) is 12.8 Å². The summed E-state index contributed by atoms with van der Waals surface area (Å²) in [5.41, 5.74) is -0.596. The summed E-state index contributed by atoms with van der Waals surface area (Å²) in [7, 11) is 2.62. The Bertz CT molecular complexity index is 130. The van der Waals surface area contributed by atoms with Gasteiger partial charge in [0, 0.05) is 12.4 Å². The third-order valence-electron chi connectivity index (χ3n) is 2.18. The third kappa shape index (κ3) is 1.92. The van der Waals surface area contributed by atoms with Crippen LogP contribution in [0.3, 0.4) is 0 Å². The van der Waals surface area contributed by atoms with Crippen molar-refractivity contribution in [2.24, 2.45) is 4.99 Å². The Morgan fingerprint density at radius 1 is 1.50 bits per heavy atom. The molecule has 0 aromatic carbocycles. The van der Waals surface area contributed by atoms with Gasteiger partial charge in [0.1, 0.15) is 0 Å². The fraction of sp³-hybridized carbons (Fsp3) is 0.857. The maximum atomic E-state index is 9.80. The lowest BCUT2D eigenvalue weighted by molar-refractivity contribution is 0.106. The Labute approximate surface area is 65.8 Å². The number of nitrogens with zero attached hydrogens (tertiary/aromatic N) is 1. The molecule has 0 atom stereocenters. The van der Waals surface area contributed by atoms with Crippen molar-refractivity contribution in [1.82, 2.24) is 0 Å². The van der Waals surface area contributed by atoms with Gasteiger partial charge in [0.05, 0.1) is 15.8 Å². The summed E-state index contributed by atoms with van der Waals surface area (Å²) in [6.07, 6.45) is 1.55. The van der Waals surface area contributed by atoms with Crippen LogP contribution in [0.4, 0.5) is 0 Å². The summed E-state index contributed by atoms with van der Waals surface area (Å²) in [5.74, 6) is 0. The van der Waals surface area contributed by atoms with Crippen LogP contribution in [-0.4, -0.2) is 33.3 Å². The van der Waals surface area contributed by atoms with Crippen molar-refractivity contribution in [3.63, 3.8) is 0 Å². The highest BCUT2D eigenvalue weighted by Gasteiger charge is 2.24. The molecule has 1 N–H and O–H groups in total. The largest absolute Gasteiger partial charge is 0.384 e. The van der Waals surface area contributed by atoms with Crippen molar-refractivity contribution in [2.75, 3.05) is 7.05 Å². The van der Waals surface area contributed by atoms with Crippen LogP contribution in [0.15, 0.2) is 4.99 Å². The standard InChI is InChI=1S/C7H17NOSi/c1-4-7(9,5-2)6(10)8-3/h9H,4-5H2,1-3,10H3. The fourth-order valence-electron chi connectivity index (χ4n) is 0.970. The first-order valence-corrected chi connectivity index (χ1v) is 4.77. The van der Waals surface area contributed by atoms with E-state index in [1.165, 1.54) is 0 Å².